The van der Waals surface area contributed by atoms with Crippen LogP contribution in [0.4, 0.5) is 0 Å². The first-order valence-corrected chi connectivity index (χ1v) is 19.0. The van der Waals surface area contributed by atoms with Crippen LogP contribution in [0.15, 0.2) is 191 Å². The third kappa shape index (κ3) is 5.08. The summed E-state index contributed by atoms with van der Waals surface area (Å²) in [5.74, 6) is 1.73. The molecule has 0 atom stereocenters. The number of para-hydroxylation sites is 3. The Morgan fingerprint density at radius 3 is 1.61 bits per heavy atom. The third-order valence-corrected chi connectivity index (χ3v) is 11.1. The number of nitrogens with zero attached hydrogens (tertiary/aromatic N) is 4. The summed E-state index contributed by atoms with van der Waals surface area (Å²) in [5, 5.41) is 6.53. The molecule has 12 aromatic rings. The van der Waals surface area contributed by atoms with Crippen molar-refractivity contribution in [3.63, 3.8) is 0 Å². The third-order valence-electron chi connectivity index (χ3n) is 11.1. The molecular weight excluding hydrogens is 701 g/mol. The molecule has 6 heteroatoms. The van der Waals surface area contributed by atoms with Gasteiger partial charge < -0.3 is 13.4 Å². The Morgan fingerprint density at radius 1 is 0.298 bits per heavy atom. The highest BCUT2D eigenvalue weighted by molar-refractivity contribution is 6.17. The van der Waals surface area contributed by atoms with Gasteiger partial charge in [0.2, 0.25) is 0 Å². The van der Waals surface area contributed by atoms with Gasteiger partial charge in [0.15, 0.2) is 17.5 Å². The number of hydrogen-bond donors (Lipinski definition) is 0. The molecule has 266 valence electrons. The second-order valence-corrected chi connectivity index (χ2v) is 14.4. The summed E-state index contributed by atoms with van der Waals surface area (Å²) in [6, 6.07) is 62.8. The summed E-state index contributed by atoms with van der Waals surface area (Å²) in [7, 11) is 0. The van der Waals surface area contributed by atoms with Crippen molar-refractivity contribution in [1.29, 1.82) is 0 Å². The van der Waals surface area contributed by atoms with E-state index in [4.69, 9.17) is 23.8 Å². The Labute approximate surface area is 325 Å². The molecular formula is C51H30N4O2. The Morgan fingerprint density at radius 2 is 0.825 bits per heavy atom. The molecule has 0 amide bonds. The van der Waals surface area contributed by atoms with Crippen molar-refractivity contribution in [3.8, 4) is 51.0 Å². The predicted octanol–water partition coefficient (Wildman–Crippen LogP) is 13.4. The van der Waals surface area contributed by atoms with Crippen LogP contribution in [0.2, 0.25) is 0 Å². The van der Waals surface area contributed by atoms with E-state index < -0.39 is 0 Å². The number of rotatable bonds is 5. The van der Waals surface area contributed by atoms with Gasteiger partial charge in [-0.05, 0) is 71.8 Å². The van der Waals surface area contributed by atoms with Crippen molar-refractivity contribution >= 4 is 65.7 Å². The van der Waals surface area contributed by atoms with Gasteiger partial charge in [0.05, 0.1) is 11.0 Å². The van der Waals surface area contributed by atoms with Gasteiger partial charge in [-0.1, -0.05) is 115 Å². The molecule has 4 aromatic heterocycles. The standard InChI is InChI=1S/C51H30N4O2/c1-3-11-31(12-4-1)32-19-21-33(22-20-32)49-52-50(54-51(53-49)35-23-25-39-38-16-8-10-18-45(38)56-47(39)28-35)34-24-26-46-41(27-34)42-29-40-37-15-7-9-17-43(37)55(36-13-5-2-6-14-36)44(40)30-48(42)57-46/h1-30H. The predicted molar refractivity (Wildman–Crippen MR) is 230 cm³/mol. The second kappa shape index (κ2) is 12.3. The summed E-state index contributed by atoms with van der Waals surface area (Å²) < 4.78 is 15.2. The minimum atomic E-state index is 0.567. The van der Waals surface area contributed by atoms with Crippen LogP contribution in [0.5, 0.6) is 0 Å². The van der Waals surface area contributed by atoms with Gasteiger partial charge in [0.25, 0.3) is 0 Å². The molecule has 0 saturated heterocycles. The van der Waals surface area contributed by atoms with Crippen LogP contribution in [0.3, 0.4) is 0 Å². The van der Waals surface area contributed by atoms with E-state index >= 15 is 0 Å². The molecule has 0 fully saturated rings. The zero-order valence-electron chi connectivity index (χ0n) is 30.4. The van der Waals surface area contributed by atoms with Crippen molar-refractivity contribution in [2.45, 2.75) is 0 Å². The molecule has 0 spiro atoms. The van der Waals surface area contributed by atoms with Crippen LogP contribution in [0, 0.1) is 0 Å². The van der Waals surface area contributed by atoms with E-state index in [0.717, 1.165) is 88.4 Å². The monoisotopic (exact) mass is 730 g/mol. The van der Waals surface area contributed by atoms with E-state index in [0.29, 0.717) is 17.5 Å². The Kier molecular flexibility index (Phi) is 6.83. The van der Waals surface area contributed by atoms with Gasteiger partial charge in [-0.25, -0.2) is 15.0 Å². The molecule has 8 aromatic carbocycles. The SMILES string of the molecule is c1ccc(-c2ccc(-c3nc(-c4ccc5c(c4)oc4ccccc45)nc(-c4ccc5oc6cc7c(cc6c5c4)c4ccccc4n7-c4ccccc4)n3)cc2)cc1. The summed E-state index contributed by atoms with van der Waals surface area (Å²) in [5.41, 5.74) is 11.5. The van der Waals surface area contributed by atoms with Gasteiger partial charge in [-0.3, -0.25) is 0 Å². The van der Waals surface area contributed by atoms with Crippen LogP contribution in [-0.4, -0.2) is 19.5 Å². The summed E-state index contributed by atoms with van der Waals surface area (Å²) >= 11 is 0. The quantitative estimate of drug-likeness (QED) is 0.176. The zero-order valence-corrected chi connectivity index (χ0v) is 30.4. The maximum Gasteiger partial charge on any atom is 0.164 e. The van der Waals surface area contributed by atoms with Crippen LogP contribution in [0.25, 0.3) is 117 Å². The highest BCUT2D eigenvalue weighted by Gasteiger charge is 2.19. The molecule has 0 N–H and O–H groups in total. The van der Waals surface area contributed by atoms with Crippen molar-refractivity contribution in [3.05, 3.63) is 182 Å². The fraction of sp³-hybridized carbons (Fsp3) is 0. The fourth-order valence-electron chi connectivity index (χ4n) is 8.30. The van der Waals surface area contributed by atoms with E-state index in [1.165, 1.54) is 10.8 Å². The molecule has 6 nitrogen and oxygen atoms in total. The van der Waals surface area contributed by atoms with Crippen LogP contribution in [0.1, 0.15) is 0 Å². The fourth-order valence-corrected chi connectivity index (χ4v) is 8.30. The molecule has 4 heterocycles. The average molecular weight is 731 g/mol. The largest absolute Gasteiger partial charge is 0.456 e. The minimum Gasteiger partial charge on any atom is -0.456 e. The van der Waals surface area contributed by atoms with Crippen molar-refractivity contribution in [1.82, 2.24) is 19.5 Å². The number of benzene rings is 8. The normalized spacial score (nSPS) is 11.9. The minimum absolute atomic E-state index is 0.567. The average Bonchev–Trinajstić information content (AvgIpc) is 3.94. The Bertz CT molecular complexity index is 3510. The van der Waals surface area contributed by atoms with Crippen LogP contribution in [-0.2, 0) is 0 Å². The Hall–Kier alpha value is -7.83. The first-order chi connectivity index (χ1) is 28.2. The maximum atomic E-state index is 6.56. The topological polar surface area (TPSA) is 69.9 Å². The summed E-state index contributed by atoms with van der Waals surface area (Å²) in [4.78, 5) is 15.3. The van der Waals surface area contributed by atoms with Gasteiger partial charge >= 0.3 is 0 Å². The first-order valence-electron chi connectivity index (χ1n) is 19.0. The smallest absolute Gasteiger partial charge is 0.164 e. The van der Waals surface area contributed by atoms with Crippen LogP contribution >= 0.6 is 0 Å². The number of aromatic nitrogens is 4. The zero-order chi connectivity index (χ0) is 37.5. The molecule has 0 aliphatic heterocycles. The molecule has 0 unspecified atom stereocenters. The lowest BCUT2D eigenvalue weighted by Gasteiger charge is -2.09. The second-order valence-electron chi connectivity index (χ2n) is 14.4. The highest BCUT2D eigenvalue weighted by atomic mass is 16.3. The molecule has 0 radical (unpaired) electrons. The Balaban J connectivity index is 1.03. The van der Waals surface area contributed by atoms with E-state index in [9.17, 15) is 0 Å². The lowest BCUT2D eigenvalue weighted by atomic mass is 10.0. The molecule has 0 aliphatic rings. The van der Waals surface area contributed by atoms with Crippen molar-refractivity contribution in [2.75, 3.05) is 0 Å². The first kappa shape index (κ1) is 31.5. The molecule has 0 aliphatic carbocycles. The van der Waals surface area contributed by atoms with Gasteiger partial charge in [-0.2, -0.15) is 0 Å². The van der Waals surface area contributed by atoms with Crippen molar-refractivity contribution in [2.24, 2.45) is 0 Å². The summed E-state index contributed by atoms with van der Waals surface area (Å²) in [6.07, 6.45) is 0. The van der Waals surface area contributed by atoms with Gasteiger partial charge in [-0.15, -0.1) is 0 Å². The highest BCUT2D eigenvalue weighted by Crippen LogP contribution is 2.40. The summed E-state index contributed by atoms with van der Waals surface area (Å²) in [6.45, 7) is 0. The molecule has 0 bridgehead atoms. The van der Waals surface area contributed by atoms with Crippen molar-refractivity contribution < 1.29 is 8.83 Å². The lowest BCUT2D eigenvalue weighted by molar-refractivity contribution is 0.668. The van der Waals surface area contributed by atoms with Crippen LogP contribution < -0.4 is 0 Å². The van der Waals surface area contributed by atoms with E-state index in [1.807, 2.05) is 48.5 Å². The van der Waals surface area contributed by atoms with Gasteiger partial charge in [0, 0.05) is 60.8 Å². The molecule has 57 heavy (non-hydrogen) atoms. The maximum absolute atomic E-state index is 6.56. The number of hydrogen-bond acceptors (Lipinski definition) is 5. The molecule has 12 rings (SSSR count). The number of furan rings is 2. The molecule has 0 saturated carbocycles. The van der Waals surface area contributed by atoms with E-state index in [1.54, 1.807) is 0 Å². The number of fused-ring (bicyclic) bond motifs is 9. The van der Waals surface area contributed by atoms with Gasteiger partial charge in [0.1, 0.15) is 22.3 Å². The van der Waals surface area contributed by atoms with E-state index in [-0.39, 0.29) is 0 Å². The lowest BCUT2D eigenvalue weighted by Crippen LogP contribution is -2.00. The van der Waals surface area contributed by atoms with E-state index in [2.05, 4.69) is 138 Å².